The molecule has 0 unspecified atom stereocenters. The van der Waals surface area contributed by atoms with Crippen LogP contribution < -0.4 is 10.5 Å². The second-order valence-corrected chi connectivity index (χ2v) is 5.75. The molecule has 0 spiro atoms. The molecule has 4 heteroatoms. The minimum absolute atomic E-state index is 0.111. The zero-order chi connectivity index (χ0) is 17.7. The van der Waals surface area contributed by atoms with Gasteiger partial charge in [-0.2, -0.15) is 0 Å². The van der Waals surface area contributed by atoms with Crippen LogP contribution in [0.5, 0.6) is 11.5 Å². The standard InChI is InChI=1S/C20H23NO3/c1-4-11-24-20-14(3)19(23)13(2)12-16(20)7-10-18(22)15-5-8-17(21)9-6-15/h5-10,12,23H,4,11,21H2,1-3H3. The number of hydrogen-bond donors (Lipinski definition) is 2. The van der Waals surface area contributed by atoms with Gasteiger partial charge in [-0.25, -0.2) is 0 Å². The van der Waals surface area contributed by atoms with Crippen molar-refractivity contribution in [3.05, 3.63) is 58.7 Å². The summed E-state index contributed by atoms with van der Waals surface area (Å²) in [6, 6.07) is 8.62. The van der Waals surface area contributed by atoms with Crippen molar-refractivity contribution in [1.82, 2.24) is 0 Å². The zero-order valence-corrected chi connectivity index (χ0v) is 14.3. The number of phenolic OH excluding ortho intramolecular Hbond substituents is 1. The van der Waals surface area contributed by atoms with E-state index < -0.39 is 0 Å². The summed E-state index contributed by atoms with van der Waals surface area (Å²) in [6.45, 7) is 6.21. The van der Waals surface area contributed by atoms with E-state index in [9.17, 15) is 9.90 Å². The van der Waals surface area contributed by atoms with Crippen LogP contribution in [0.15, 0.2) is 36.4 Å². The Labute approximate surface area is 142 Å². The second-order valence-electron chi connectivity index (χ2n) is 5.75. The lowest BCUT2D eigenvalue weighted by Crippen LogP contribution is -2.01. The summed E-state index contributed by atoms with van der Waals surface area (Å²) >= 11 is 0. The zero-order valence-electron chi connectivity index (χ0n) is 14.3. The van der Waals surface area contributed by atoms with Gasteiger partial charge in [0.1, 0.15) is 11.5 Å². The van der Waals surface area contributed by atoms with Gasteiger partial charge in [0.15, 0.2) is 5.78 Å². The Hall–Kier alpha value is -2.75. The first kappa shape index (κ1) is 17.6. The number of rotatable bonds is 6. The monoisotopic (exact) mass is 325 g/mol. The van der Waals surface area contributed by atoms with Crippen molar-refractivity contribution in [2.45, 2.75) is 27.2 Å². The Balaban J connectivity index is 2.33. The maximum atomic E-state index is 12.3. The number of nitrogen functional groups attached to an aromatic ring is 1. The average molecular weight is 325 g/mol. The third-order valence-corrected chi connectivity index (χ3v) is 3.76. The summed E-state index contributed by atoms with van der Waals surface area (Å²) in [5, 5.41) is 10.1. The van der Waals surface area contributed by atoms with Crippen molar-refractivity contribution in [3.8, 4) is 11.5 Å². The number of anilines is 1. The first-order valence-corrected chi connectivity index (χ1v) is 7.98. The van der Waals surface area contributed by atoms with Gasteiger partial charge in [-0.1, -0.05) is 6.92 Å². The number of aryl methyl sites for hydroxylation is 1. The van der Waals surface area contributed by atoms with Gasteiger partial charge in [0.05, 0.1) is 6.61 Å². The Bertz CT molecular complexity index is 761. The lowest BCUT2D eigenvalue weighted by atomic mass is 10.0. The molecule has 3 N–H and O–H groups in total. The van der Waals surface area contributed by atoms with E-state index in [0.717, 1.165) is 17.5 Å². The van der Waals surface area contributed by atoms with Gasteiger partial charge in [-0.15, -0.1) is 0 Å². The fourth-order valence-corrected chi connectivity index (χ4v) is 2.42. The van der Waals surface area contributed by atoms with Crippen molar-refractivity contribution in [1.29, 1.82) is 0 Å². The van der Waals surface area contributed by atoms with Crippen molar-refractivity contribution in [2.24, 2.45) is 0 Å². The number of phenols is 1. The van der Waals surface area contributed by atoms with Crippen LogP contribution in [0.1, 0.15) is 40.4 Å². The first-order valence-electron chi connectivity index (χ1n) is 7.98. The van der Waals surface area contributed by atoms with Gasteiger partial charge >= 0.3 is 0 Å². The minimum Gasteiger partial charge on any atom is -0.507 e. The molecule has 24 heavy (non-hydrogen) atoms. The van der Waals surface area contributed by atoms with Crippen LogP contribution in [0.2, 0.25) is 0 Å². The van der Waals surface area contributed by atoms with E-state index in [-0.39, 0.29) is 11.5 Å². The van der Waals surface area contributed by atoms with Crippen LogP contribution in [0, 0.1) is 13.8 Å². The summed E-state index contributed by atoms with van der Waals surface area (Å²) in [4.78, 5) is 12.3. The van der Waals surface area contributed by atoms with Crippen LogP contribution in [0.4, 0.5) is 5.69 Å². The largest absolute Gasteiger partial charge is 0.507 e. The third kappa shape index (κ3) is 3.96. The highest BCUT2D eigenvalue weighted by Crippen LogP contribution is 2.35. The highest BCUT2D eigenvalue weighted by atomic mass is 16.5. The Morgan fingerprint density at radius 2 is 1.92 bits per heavy atom. The molecule has 0 fully saturated rings. The van der Waals surface area contributed by atoms with Crippen LogP contribution in [-0.2, 0) is 0 Å². The lowest BCUT2D eigenvalue weighted by molar-refractivity contribution is 0.104. The van der Waals surface area contributed by atoms with E-state index in [1.807, 2.05) is 26.8 Å². The molecule has 0 atom stereocenters. The maximum Gasteiger partial charge on any atom is 0.185 e. The molecule has 0 aliphatic carbocycles. The van der Waals surface area contributed by atoms with Crippen molar-refractivity contribution >= 4 is 17.5 Å². The molecule has 126 valence electrons. The minimum atomic E-state index is -0.111. The first-order chi connectivity index (χ1) is 11.4. The molecule has 0 radical (unpaired) electrons. The van der Waals surface area contributed by atoms with Gasteiger partial charge in [-0.3, -0.25) is 4.79 Å². The van der Waals surface area contributed by atoms with E-state index in [2.05, 4.69) is 0 Å². The molecule has 0 heterocycles. The molecular weight excluding hydrogens is 302 g/mol. The predicted octanol–water partition coefficient (Wildman–Crippen LogP) is 4.28. The van der Waals surface area contributed by atoms with Gasteiger partial charge in [-0.05, 0) is 68.3 Å². The molecule has 2 rings (SSSR count). The number of benzene rings is 2. The Kier molecular flexibility index (Phi) is 5.64. The molecule has 4 nitrogen and oxygen atoms in total. The number of allylic oxidation sites excluding steroid dienone is 1. The van der Waals surface area contributed by atoms with Gasteiger partial charge in [0.25, 0.3) is 0 Å². The molecule has 0 aliphatic rings. The quantitative estimate of drug-likeness (QED) is 0.472. The number of nitrogens with two attached hydrogens (primary N) is 1. The molecule has 0 saturated carbocycles. The van der Waals surface area contributed by atoms with Gasteiger partial charge in [0.2, 0.25) is 0 Å². The number of carbonyl (C=O) groups excluding carboxylic acids is 1. The van der Waals surface area contributed by atoms with Crippen LogP contribution >= 0.6 is 0 Å². The molecule has 0 amide bonds. The Morgan fingerprint density at radius 1 is 1.25 bits per heavy atom. The second kappa shape index (κ2) is 7.68. The van der Waals surface area contributed by atoms with Crippen molar-refractivity contribution in [3.63, 3.8) is 0 Å². The number of ketones is 1. The highest BCUT2D eigenvalue weighted by Gasteiger charge is 2.13. The average Bonchev–Trinajstić information content (AvgIpc) is 2.57. The SMILES string of the molecule is CCCOc1c(C=CC(=O)c2ccc(N)cc2)cc(C)c(O)c1C. The Morgan fingerprint density at radius 3 is 2.54 bits per heavy atom. The summed E-state index contributed by atoms with van der Waals surface area (Å²) in [7, 11) is 0. The molecule has 0 bridgehead atoms. The van der Waals surface area contributed by atoms with E-state index in [1.165, 1.54) is 6.08 Å². The van der Waals surface area contributed by atoms with Gasteiger partial charge < -0.3 is 15.6 Å². The lowest BCUT2D eigenvalue weighted by Gasteiger charge is -2.14. The fourth-order valence-electron chi connectivity index (χ4n) is 2.42. The number of hydrogen-bond acceptors (Lipinski definition) is 4. The van der Waals surface area contributed by atoms with Gasteiger partial charge in [0, 0.05) is 22.4 Å². The van der Waals surface area contributed by atoms with Crippen LogP contribution in [0.25, 0.3) is 6.08 Å². The van der Waals surface area contributed by atoms with Crippen molar-refractivity contribution < 1.29 is 14.6 Å². The van der Waals surface area contributed by atoms with Crippen LogP contribution in [0.3, 0.4) is 0 Å². The number of ether oxygens (including phenoxy) is 1. The molecule has 0 aromatic heterocycles. The van der Waals surface area contributed by atoms with E-state index >= 15 is 0 Å². The summed E-state index contributed by atoms with van der Waals surface area (Å²) in [5.41, 5.74) is 9.04. The fraction of sp³-hybridized carbons (Fsp3) is 0.250. The smallest absolute Gasteiger partial charge is 0.185 e. The van der Waals surface area contributed by atoms with E-state index in [0.29, 0.717) is 29.2 Å². The number of aromatic hydroxyl groups is 1. The summed E-state index contributed by atoms with van der Waals surface area (Å²) in [6.07, 6.45) is 4.10. The third-order valence-electron chi connectivity index (χ3n) is 3.76. The van der Waals surface area contributed by atoms with E-state index in [1.54, 1.807) is 30.3 Å². The normalized spacial score (nSPS) is 11.0. The topological polar surface area (TPSA) is 72.5 Å². The van der Waals surface area contributed by atoms with E-state index in [4.69, 9.17) is 10.5 Å². The molecule has 0 saturated heterocycles. The van der Waals surface area contributed by atoms with Crippen molar-refractivity contribution in [2.75, 3.05) is 12.3 Å². The predicted molar refractivity (Wildman–Crippen MR) is 97.6 cm³/mol. The molecule has 0 aliphatic heterocycles. The summed E-state index contributed by atoms with van der Waals surface area (Å²) in [5.74, 6) is 0.726. The molecular formula is C20H23NO3. The summed E-state index contributed by atoms with van der Waals surface area (Å²) < 4.78 is 5.77. The van der Waals surface area contributed by atoms with Crippen LogP contribution in [-0.4, -0.2) is 17.5 Å². The molecule has 2 aromatic rings. The number of carbonyl (C=O) groups is 1. The maximum absolute atomic E-state index is 12.3. The highest BCUT2D eigenvalue weighted by molar-refractivity contribution is 6.07. The molecule has 2 aromatic carbocycles.